The summed E-state index contributed by atoms with van der Waals surface area (Å²) in [5.74, 6) is 0.267. The van der Waals surface area contributed by atoms with E-state index < -0.39 is 10.0 Å². The molecule has 1 unspecified atom stereocenters. The average molecular weight is 257 g/mol. The van der Waals surface area contributed by atoms with E-state index in [9.17, 15) is 8.42 Å². The highest BCUT2D eigenvalue weighted by atomic mass is 32.2. The summed E-state index contributed by atoms with van der Waals surface area (Å²) in [6, 6.07) is 2.94. The molecule has 5 nitrogen and oxygen atoms in total. The standard InChI is InChI=1S/C11H19N3O2S/c1-8(2)9(3)14(4)17(15,16)10-6-5-7-13-11(10)12/h5-9H,1-4H3,(H2,12,13). The second-order valence-electron chi connectivity index (χ2n) is 4.39. The van der Waals surface area contributed by atoms with Gasteiger partial charge in [0.2, 0.25) is 10.0 Å². The SMILES string of the molecule is CC(C)C(C)N(C)S(=O)(=O)c1cccnc1N. The van der Waals surface area contributed by atoms with E-state index in [-0.39, 0.29) is 22.7 Å². The average Bonchev–Trinajstić information content (AvgIpc) is 2.27. The first-order chi connectivity index (χ1) is 7.78. The largest absolute Gasteiger partial charge is 0.383 e. The summed E-state index contributed by atoms with van der Waals surface area (Å²) in [6.45, 7) is 5.82. The molecule has 17 heavy (non-hydrogen) atoms. The fourth-order valence-corrected chi connectivity index (χ4v) is 2.97. The summed E-state index contributed by atoms with van der Waals surface area (Å²) in [5.41, 5.74) is 5.60. The minimum absolute atomic E-state index is 0.0373. The van der Waals surface area contributed by atoms with Crippen molar-refractivity contribution in [3.8, 4) is 0 Å². The number of nitrogens with zero attached hydrogens (tertiary/aromatic N) is 2. The van der Waals surface area contributed by atoms with Crippen LogP contribution in [0.1, 0.15) is 20.8 Å². The number of nitrogen functional groups attached to an aromatic ring is 1. The van der Waals surface area contributed by atoms with Crippen molar-refractivity contribution in [1.29, 1.82) is 0 Å². The minimum atomic E-state index is -3.57. The molecule has 1 aromatic heterocycles. The molecule has 0 bridgehead atoms. The summed E-state index contributed by atoms with van der Waals surface area (Å²) < 4.78 is 25.9. The summed E-state index contributed by atoms with van der Waals surface area (Å²) in [5, 5.41) is 0. The van der Waals surface area contributed by atoms with Gasteiger partial charge in [0, 0.05) is 19.3 Å². The predicted octanol–water partition coefficient (Wildman–Crippen LogP) is 1.33. The van der Waals surface area contributed by atoms with E-state index in [0.29, 0.717) is 0 Å². The molecule has 96 valence electrons. The number of anilines is 1. The first-order valence-corrected chi connectivity index (χ1v) is 6.91. The lowest BCUT2D eigenvalue weighted by molar-refractivity contribution is 0.316. The molecule has 6 heteroatoms. The van der Waals surface area contributed by atoms with Crippen LogP contribution in [0.25, 0.3) is 0 Å². The molecule has 0 aliphatic rings. The van der Waals surface area contributed by atoms with Crippen LogP contribution in [0.5, 0.6) is 0 Å². The molecule has 1 atom stereocenters. The minimum Gasteiger partial charge on any atom is -0.383 e. The van der Waals surface area contributed by atoms with Crippen molar-refractivity contribution < 1.29 is 8.42 Å². The summed E-state index contributed by atoms with van der Waals surface area (Å²) in [7, 11) is -2.01. The molecule has 0 amide bonds. The molecule has 0 saturated heterocycles. The molecule has 0 aromatic carbocycles. The monoisotopic (exact) mass is 257 g/mol. The molecule has 0 fully saturated rings. The molecule has 1 aromatic rings. The highest BCUT2D eigenvalue weighted by Gasteiger charge is 2.28. The fourth-order valence-electron chi connectivity index (χ4n) is 1.41. The van der Waals surface area contributed by atoms with E-state index in [1.165, 1.54) is 16.6 Å². The Labute approximate surface area is 103 Å². The van der Waals surface area contributed by atoms with Crippen molar-refractivity contribution in [2.45, 2.75) is 31.7 Å². The Balaban J connectivity index is 3.17. The van der Waals surface area contributed by atoms with Crippen molar-refractivity contribution in [3.63, 3.8) is 0 Å². The zero-order valence-corrected chi connectivity index (χ0v) is 11.4. The van der Waals surface area contributed by atoms with Crippen LogP contribution in [0.2, 0.25) is 0 Å². The van der Waals surface area contributed by atoms with E-state index in [1.807, 2.05) is 20.8 Å². The van der Waals surface area contributed by atoms with Gasteiger partial charge in [0.05, 0.1) is 0 Å². The summed E-state index contributed by atoms with van der Waals surface area (Å²) in [4.78, 5) is 3.87. The van der Waals surface area contributed by atoms with Gasteiger partial charge in [-0.05, 0) is 25.0 Å². The lowest BCUT2D eigenvalue weighted by Gasteiger charge is -2.27. The molecule has 1 rings (SSSR count). The number of nitrogens with two attached hydrogens (primary N) is 1. The Kier molecular flexibility index (Phi) is 4.11. The van der Waals surface area contributed by atoms with Crippen molar-refractivity contribution in [1.82, 2.24) is 9.29 Å². The van der Waals surface area contributed by atoms with Crippen LogP contribution < -0.4 is 5.73 Å². The molecular weight excluding hydrogens is 238 g/mol. The summed E-state index contributed by atoms with van der Waals surface area (Å²) >= 11 is 0. The van der Waals surface area contributed by atoms with Gasteiger partial charge >= 0.3 is 0 Å². The van der Waals surface area contributed by atoms with Crippen molar-refractivity contribution in [3.05, 3.63) is 18.3 Å². The zero-order valence-electron chi connectivity index (χ0n) is 10.6. The normalized spacial score (nSPS) is 14.2. The third-order valence-corrected chi connectivity index (χ3v) is 4.99. The lowest BCUT2D eigenvalue weighted by atomic mass is 10.1. The van der Waals surface area contributed by atoms with Gasteiger partial charge in [0.1, 0.15) is 10.7 Å². The summed E-state index contributed by atoms with van der Waals surface area (Å²) in [6.07, 6.45) is 1.47. The van der Waals surface area contributed by atoms with E-state index >= 15 is 0 Å². The maximum atomic E-state index is 12.3. The van der Waals surface area contributed by atoms with Crippen LogP contribution in [0.4, 0.5) is 5.82 Å². The number of hydrogen-bond donors (Lipinski definition) is 1. The van der Waals surface area contributed by atoms with Gasteiger partial charge in [-0.2, -0.15) is 4.31 Å². The number of pyridine rings is 1. The maximum absolute atomic E-state index is 12.3. The van der Waals surface area contributed by atoms with Gasteiger partial charge < -0.3 is 5.73 Å². The highest BCUT2D eigenvalue weighted by molar-refractivity contribution is 7.89. The van der Waals surface area contributed by atoms with Gasteiger partial charge in [0.25, 0.3) is 0 Å². The van der Waals surface area contributed by atoms with Crippen LogP contribution >= 0.6 is 0 Å². The molecule has 0 aliphatic carbocycles. The number of aromatic nitrogens is 1. The zero-order chi connectivity index (χ0) is 13.2. The Bertz CT molecular complexity index is 485. The van der Waals surface area contributed by atoms with Crippen molar-refractivity contribution in [2.24, 2.45) is 5.92 Å². The fraction of sp³-hybridized carbons (Fsp3) is 0.545. The van der Waals surface area contributed by atoms with Crippen molar-refractivity contribution >= 4 is 15.8 Å². The molecule has 2 N–H and O–H groups in total. The number of hydrogen-bond acceptors (Lipinski definition) is 4. The van der Waals surface area contributed by atoms with Crippen LogP contribution in [0.3, 0.4) is 0 Å². The number of rotatable bonds is 4. The van der Waals surface area contributed by atoms with Crippen LogP contribution in [-0.2, 0) is 10.0 Å². The Morgan fingerprint density at radius 2 is 1.94 bits per heavy atom. The smallest absolute Gasteiger partial charge is 0.246 e. The highest BCUT2D eigenvalue weighted by Crippen LogP contribution is 2.22. The quantitative estimate of drug-likeness (QED) is 0.882. The second-order valence-corrected chi connectivity index (χ2v) is 6.36. The van der Waals surface area contributed by atoms with Gasteiger partial charge in [-0.25, -0.2) is 13.4 Å². The van der Waals surface area contributed by atoms with E-state index in [1.54, 1.807) is 13.1 Å². The van der Waals surface area contributed by atoms with Gasteiger partial charge in [-0.15, -0.1) is 0 Å². The van der Waals surface area contributed by atoms with E-state index in [4.69, 9.17) is 5.73 Å². The molecular formula is C11H19N3O2S. The number of sulfonamides is 1. The van der Waals surface area contributed by atoms with E-state index in [2.05, 4.69) is 4.98 Å². The first-order valence-electron chi connectivity index (χ1n) is 5.47. The van der Waals surface area contributed by atoms with E-state index in [0.717, 1.165) is 0 Å². The molecule has 0 saturated carbocycles. The van der Waals surface area contributed by atoms with Crippen LogP contribution in [-0.4, -0.2) is 30.8 Å². The van der Waals surface area contributed by atoms with Crippen LogP contribution in [0.15, 0.2) is 23.2 Å². The molecule has 0 radical (unpaired) electrons. The van der Waals surface area contributed by atoms with Gasteiger partial charge in [-0.3, -0.25) is 0 Å². The molecule has 0 spiro atoms. The second kappa shape index (κ2) is 5.01. The molecule has 1 heterocycles. The maximum Gasteiger partial charge on any atom is 0.246 e. The Morgan fingerprint density at radius 1 is 1.35 bits per heavy atom. The Morgan fingerprint density at radius 3 is 2.41 bits per heavy atom. The van der Waals surface area contributed by atoms with Crippen molar-refractivity contribution in [2.75, 3.05) is 12.8 Å². The van der Waals surface area contributed by atoms with Gasteiger partial charge in [-0.1, -0.05) is 13.8 Å². The topological polar surface area (TPSA) is 76.3 Å². The first kappa shape index (κ1) is 13.9. The van der Waals surface area contributed by atoms with Gasteiger partial charge in [0.15, 0.2) is 0 Å². The third kappa shape index (κ3) is 2.76. The Hall–Kier alpha value is -1.14. The molecule has 0 aliphatic heterocycles. The predicted molar refractivity (Wildman–Crippen MR) is 67.9 cm³/mol. The third-order valence-electron chi connectivity index (χ3n) is 3.00. The van der Waals surface area contributed by atoms with Crippen LogP contribution in [0, 0.1) is 5.92 Å². The lowest BCUT2D eigenvalue weighted by Crippen LogP contribution is -2.38.